The molecule has 0 spiro atoms. The van der Waals surface area contributed by atoms with Crippen molar-refractivity contribution in [2.24, 2.45) is 0 Å². The maximum atomic E-state index is 12.3. The van der Waals surface area contributed by atoms with Gasteiger partial charge in [0, 0.05) is 0 Å². The Morgan fingerprint density at radius 3 is 2.62 bits per heavy atom. The van der Waals surface area contributed by atoms with Crippen LogP contribution in [-0.2, 0) is 14.8 Å². The third-order valence-corrected chi connectivity index (χ3v) is 5.21. The van der Waals surface area contributed by atoms with E-state index in [-0.39, 0.29) is 21.2 Å². The Hall–Kier alpha value is -2.06. The second-order valence-electron chi connectivity index (χ2n) is 4.19. The van der Waals surface area contributed by atoms with Crippen LogP contribution in [0, 0.1) is 6.92 Å². The van der Waals surface area contributed by atoms with Gasteiger partial charge in [-0.2, -0.15) is 0 Å². The number of sulfonamides is 1. The molecule has 0 saturated heterocycles. The molecule has 0 bridgehead atoms. The Morgan fingerprint density at radius 1 is 1.33 bits per heavy atom. The molecular formula is C13H13NO5S2. The number of carbonyl (C=O) groups excluding carboxylic acids is 1. The normalized spacial score (nSPS) is 11.1. The number of thiophene rings is 1. The predicted octanol–water partition coefficient (Wildman–Crippen LogP) is 2.35. The predicted molar refractivity (Wildman–Crippen MR) is 79.3 cm³/mol. The number of phenolic OH excluding ortho intramolecular Hbond substituents is 1. The van der Waals surface area contributed by atoms with Gasteiger partial charge in [-0.25, -0.2) is 13.2 Å². The molecule has 0 saturated carbocycles. The summed E-state index contributed by atoms with van der Waals surface area (Å²) < 4.78 is 31.6. The summed E-state index contributed by atoms with van der Waals surface area (Å²) in [6.45, 7) is 1.67. The molecule has 2 N–H and O–H groups in total. The fourth-order valence-corrected chi connectivity index (χ4v) is 3.92. The maximum Gasteiger partial charge on any atom is 0.350 e. The van der Waals surface area contributed by atoms with Crippen LogP contribution in [0.1, 0.15) is 15.2 Å². The number of aromatic hydroxyl groups is 1. The van der Waals surface area contributed by atoms with E-state index < -0.39 is 16.0 Å². The van der Waals surface area contributed by atoms with Crippen molar-refractivity contribution in [3.8, 4) is 5.75 Å². The van der Waals surface area contributed by atoms with E-state index in [0.29, 0.717) is 5.56 Å². The number of phenols is 1. The van der Waals surface area contributed by atoms with Crippen LogP contribution in [0.5, 0.6) is 5.75 Å². The lowest BCUT2D eigenvalue weighted by Gasteiger charge is -2.10. The second kappa shape index (κ2) is 5.74. The largest absolute Gasteiger partial charge is 0.507 e. The molecule has 0 aliphatic rings. The number of hydrogen-bond acceptors (Lipinski definition) is 6. The minimum atomic E-state index is -4.00. The molecule has 0 unspecified atom stereocenters. The van der Waals surface area contributed by atoms with Crippen molar-refractivity contribution in [1.82, 2.24) is 0 Å². The summed E-state index contributed by atoms with van der Waals surface area (Å²) >= 11 is 1.08. The quantitative estimate of drug-likeness (QED) is 0.841. The third-order valence-electron chi connectivity index (χ3n) is 2.74. The Labute approximate surface area is 126 Å². The first-order chi connectivity index (χ1) is 9.86. The lowest BCUT2D eigenvalue weighted by atomic mass is 10.3. The third kappa shape index (κ3) is 3.01. The first-order valence-electron chi connectivity index (χ1n) is 5.84. The minimum Gasteiger partial charge on any atom is -0.507 e. The first kappa shape index (κ1) is 15.3. The van der Waals surface area contributed by atoms with Gasteiger partial charge in [-0.1, -0.05) is 12.1 Å². The molecule has 0 atom stereocenters. The zero-order valence-electron chi connectivity index (χ0n) is 11.3. The Bertz CT molecular complexity index is 780. The number of methoxy groups -OCH3 is 1. The average Bonchev–Trinajstić information content (AvgIpc) is 2.79. The van der Waals surface area contributed by atoms with Crippen molar-refractivity contribution in [3.63, 3.8) is 0 Å². The zero-order chi connectivity index (χ0) is 15.6. The lowest BCUT2D eigenvalue weighted by Crippen LogP contribution is -2.15. The molecule has 2 aromatic rings. The summed E-state index contributed by atoms with van der Waals surface area (Å²) in [4.78, 5) is 11.5. The summed E-state index contributed by atoms with van der Waals surface area (Å²) in [5, 5.41) is 11.3. The highest BCUT2D eigenvalue weighted by atomic mass is 32.2. The summed E-state index contributed by atoms with van der Waals surface area (Å²) in [7, 11) is -2.78. The van der Waals surface area contributed by atoms with Gasteiger partial charge >= 0.3 is 5.97 Å². The van der Waals surface area contributed by atoms with Crippen LogP contribution in [0.4, 0.5) is 5.69 Å². The van der Waals surface area contributed by atoms with Gasteiger partial charge in [0.1, 0.15) is 15.5 Å². The molecule has 0 amide bonds. The summed E-state index contributed by atoms with van der Waals surface area (Å²) in [6.07, 6.45) is 0. The lowest BCUT2D eigenvalue weighted by molar-refractivity contribution is 0.0607. The molecule has 2 rings (SSSR count). The number of benzene rings is 1. The topological polar surface area (TPSA) is 92.7 Å². The second-order valence-corrected chi connectivity index (χ2v) is 6.72. The summed E-state index contributed by atoms with van der Waals surface area (Å²) in [6, 6.07) is 5.56. The van der Waals surface area contributed by atoms with Crippen molar-refractivity contribution in [2.75, 3.05) is 11.8 Å². The van der Waals surface area contributed by atoms with E-state index in [2.05, 4.69) is 9.46 Å². The molecule has 112 valence electrons. The first-order valence-corrected chi connectivity index (χ1v) is 8.20. The van der Waals surface area contributed by atoms with Gasteiger partial charge in [0.15, 0.2) is 0 Å². The molecule has 0 aliphatic heterocycles. The van der Waals surface area contributed by atoms with Gasteiger partial charge in [-0.05, 0) is 30.0 Å². The number of ether oxygens (including phenoxy) is 1. The van der Waals surface area contributed by atoms with E-state index in [1.807, 2.05) is 0 Å². The van der Waals surface area contributed by atoms with Crippen LogP contribution < -0.4 is 4.72 Å². The molecule has 21 heavy (non-hydrogen) atoms. The van der Waals surface area contributed by atoms with Gasteiger partial charge in [0.05, 0.1) is 12.8 Å². The molecule has 0 radical (unpaired) electrons. The molecule has 1 aromatic heterocycles. The summed E-state index contributed by atoms with van der Waals surface area (Å²) in [5.41, 5.74) is 0.759. The Kier molecular flexibility index (Phi) is 4.19. The van der Waals surface area contributed by atoms with Crippen molar-refractivity contribution in [3.05, 3.63) is 40.1 Å². The zero-order valence-corrected chi connectivity index (χ0v) is 12.9. The van der Waals surface area contributed by atoms with E-state index in [0.717, 1.165) is 11.3 Å². The molecule has 6 nitrogen and oxygen atoms in total. The molecule has 1 heterocycles. The van der Waals surface area contributed by atoms with Crippen molar-refractivity contribution in [2.45, 2.75) is 11.8 Å². The van der Waals surface area contributed by atoms with E-state index in [1.54, 1.807) is 12.3 Å². The Balaban J connectivity index is 2.45. The number of nitrogens with one attached hydrogen (secondary N) is 1. The highest BCUT2D eigenvalue weighted by molar-refractivity contribution is 7.92. The van der Waals surface area contributed by atoms with Gasteiger partial charge in [0.2, 0.25) is 0 Å². The van der Waals surface area contributed by atoms with E-state index in [4.69, 9.17) is 0 Å². The SMILES string of the molecule is COC(=O)c1scc(C)c1NS(=O)(=O)c1ccccc1O. The number of hydrogen-bond donors (Lipinski definition) is 2. The fraction of sp³-hybridized carbons (Fsp3) is 0.154. The number of rotatable bonds is 4. The minimum absolute atomic E-state index is 0.161. The van der Waals surface area contributed by atoms with E-state index in [1.165, 1.54) is 31.4 Å². The maximum absolute atomic E-state index is 12.3. The van der Waals surface area contributed by atoms with Crippen LogP contribution in [0.25, 0.3) is 0 Å². The molecular weight excluding hydrogens is 314 g/mol. The van der Waals surface area contributed by atoms with Crippen molar-refractivity contribution in [1.29, 1.82) is 0 Å². The smallest absolute Gasteiger partial charge is 0.350 e. The van der Waals surface area contributed by atoms with E-state index in [9.17, 15) is 18.3 Å². The molecule has 8 heteroatoms. The van der Waals surface area contributed by atoms with Gasteiger partial charge in [0.25, 0.3) is 10.0 Å². The number of esters is 1. The summed E-state index contributed by atoms with van der Waals surface area (Å²) in [5.74, 6) is -0.986. The fourth-order valence-electron chi connectivity index (χ4n) is 1.69. The van der Waals surface area contributed by atoms with Gasteiger partial charge < -0.3 is 9.84 Å². The average molecular weight is 327 g/mol. The standard InChI is InChI=1S/C13H13NO5S2/c1-8-7-20-12(13(16)19-2)11(8)14-21(17,18)10-6-4-3-5-9(10)15/h3-7,14-15H,1-2H3. The van der Waals surface area contributed by atoms with Crippen LogP contribution in [0.3, 0.4) is 0 Å². The molecule has 0 fully saturated rings. The van der Waals surface area contributed by atoms with Crippen molar-refractivity contribution < 1.29 is 23.1 Å². The van der Waals surface area contributed by atoms with Crippen LogP contribution in [0.15, 0.2) is 34.5 Å². The van der Waals surface area contributed by atoms with Crippen LogP contribution in [-0.4, -0.2) is 26.6 Å². The monoisotopic (exact) mass is 327 g/mol. The molecule has 0 aliphatic carbocycles. The van der Waals surface area contributed by atoms with Crippen LogP contribution in [0.2, 0.25) is 0 Å². The molecule has 1 aromatic carbocycles. The number of anilines is 1. The Morgan fingerprint density at radius 2 is 2.00 bits per heavy atom. The van der Waals surface area contributed by atoms with Gasteiger partial charge in [-0.15, -0.1) is 11.3 Å². The van der Waals surface area contributed by atoms with Gasteiger partial charge in [-0.3, -0.25) is 4.72 Å². The van der Waals surface area contributed by atoms with Crippen molar-refractivity contribution >= 4 is 33.0 Å². The van der Waals surface area contributed by atoms with E-state index >= 15 is 0 Å². The number of para-hydroxylation sites is 1. The highest BCUT2D eigenvalue weighted by Gasteiger charge is 2.24. The number of carbonyl (C=O) groups is 1. The van der Waals surface area contributed by atoms with Crippen LogP contribution >= 0.6 is 11.3 Å². The number of aryl methyl sites for hydroxylation is 1. The highest BCUT2D eigenvalue weighted by Crippen LogP contribution is 2.32.